The third-order valence-electron chi connectivity index (χ3n) is 2.59. The molecule has 94 valence electrons. The van der Waals surface area contributed by atoms with E-state index in [4.69, 9.17) is 16.3 Å². The smallest absolute Gasteiger partial charge is 0.330 e. The molecule has 1 aliphatic heterocycles. The Kier molecular flexibility index (Phi) is 3.32. The van der Waals surface area contributed by atoms with Crippen molar-refractivity contribution in [2.24, 2.45) is 0 Å². The van der Waals surface area contributed by atoms with Crippen LogP contribution in [0, 0.1) is 5.82 Å². The minimum absolute atomic E-state index is 0.0677. The van der Waals surface area contributed by atoms with Gasteiger partial charge in [-0.3, -0.25) is 14.3 Å². The van der Waals surface area contributed by atoms with Crippen LogP contribution in [0.15, 0.2) is 15.8 Å². The molecule has 1 unspecified atom stereocenters. The van der Waals surface area contributed by atoms with Gasteiger partial charge in [0.05, 0.1) is 24.3 Å². The number of hydrogen-bond acceptors (Lipinski definition) is 4. The van der Waals surface area contributed by atoms with E-state index in [1.165, 1.54) is 0 Å². The Morgan fingerprint density at radius 1 is 1.65 bits per heavy atom. The first-order chi connectivity index (χ1) is 8.02. The summed E-state index contributed by atoms with van der Waals surface area (Å²) in [5, 5.41) is 9.54. The fraction of sp³-hybridized carbons (Fsp3) is 0.556. The van der Waals surface area contributed by atoms with Crippen molar-refractivity contribution in [2.45, 2.75) is 24.9 Å². The molecular weight excluding hydrogens is 255 g/mol. The average molecular weight is 265 g/mol. The summed E-state index contributed by atoms with van der Waals surface area (Å²) in [6.45, 7) is 0. The van der Waals surface area contributed by atoms with Crippen molar-refractivity contribution >= 4 is 11.6 Å². The molecular formula is C9H10ClFN2O4. The molecule has 17 heavy (non-hydrogen) atoms. The van der Waals surface area contributed by atoms with Crippen molar-refractivity contribution < 1.29 is 14.2 Å². The highest BCUT2D eigenvalue weighted by Gasteiger charge is 2.35. The summed E-state index contributed by atoms with van der Waals surface area (Å²) < 4.78 is 19.2. The second-order valence-electron chi connectivity index (χ2n) is 3.73. The molecule has 0 aromatic carbocycles. The van der Waals surface area contributed by atoms with Crippen LogP contribution in [0.3, 0.4) is 0 Å². The van der Waals surface area contributed by atoms with E-state index in [0.717, 1.165) is 10.8 Å². The Morgan fingerprint density at radius 2 is 2.35 bits per heavy atom. The van der Waals surface area contributed by atoms with E-state index in [1.54, 1.807) is 0 Å². The summed E-state index contributed by atoms with van der Waals surface area (Å²) in [6, 6.07) is 0. The van der Waals surface area contributed by atoms with Gasteiger partial charge in [0.1, 0.15) is 6.23 Å². The molecule has 0 aliphatic carbocycles. The van der Waals surface area contributed by atoms with Crippen LogP contribution in [0.1, 0.15) is 12.6 Å². The molecule has 2 rings (SSSR count). The molecule has 0 saturated carbocycles. The SMILES string of the molecule is O=c1[nH]c(=O)n([C@@H]2CC(O)[C@H](CCl)O2)cc1F. The summed E-state index contributed by atoms with van der Waals surface area (Å²) >= 11 is 5.55. The number of hydrogen-bond donors (Lipinski definition) is 2. The molecule has 0 amide bonds. The zero-order valence-electron chi connectivity index (χ0n) is 8.60. The Labute approximate surface area is 99.6 Å². The lowest BCUT2D eigenvalue weighted by atomic mass is 10.2. The summed E-state index contributed by atoms with van der Waals surface area (Å²) in [7, 11) is 0. The van der Waals surface area contributed by atoms with Gasteiger partial charge < -0.3 is 9.84 Å². The quantitative estimate of drug-likeness (QED) is 0.710. The summed E-state index contributed by atoms with van der Waals surface area (Å²) in [5.74, 6) is -1.02. The van der Waals surface area contributed by atoms with Gasteiger partial charge in [-0.1, -0.05) is 0 Å². The first-order valence-corrected chi connectivity index (χ1v) is 5.47. The lowest BCUT2D eigenvalue weighted by Gasteiger charge is -2.13. The monoisotopic (exact) mass is 264 g/mol. The topological polar surface area (TPSA) is 84.3 Å². The third kappa shape index (κ3) is 2.26. The molecule has 1 saturated heterocycles. The Bertz CT molecular complexity index is 528. The maximum atomic E-state index is 13.0. The number of aromatic amines is 1. The molecule has 6 nitrogen and oxygen atoms in total. The largest absolute Gasteiger partial charge is 0.390 e. The van der Waals surface area contributed by atoms with Crippen LogP contribution in [0.5, 0.6) is 0 Å². The second-order valence-corrected chi connectivity index (χ2v) is 4.04. The van der Waals surface area contributed by atoms with Crippen LogP contribution in [0.4, 0.5) is 4.39 Å². The van der Waals surface area contributed by atoms with Gasteiger partial charge in [0.15, 0.2) is 0 Å². The highest BCUT2D eigenvalue weighted by atomic mass is 35.5. The average Bonchev–Trinajstić information content (AvgIpc) is 2.65. The van der Waals surface area contributed by atoms with Gasteiger partial charge in [0.2, 0.25) is 5.82 Å². The van der Waals surface area contributed by atoms with Crippen molar-refractivity contribution in [3.8, 4) is 0 Å². The predicted molar refractivity (Wildman–Crippen MR) is 56.5 cm³/mol. The molecule has 2 N–H and O–H groups in total. The molecule has 1 aromatic heterocycles. The van der Waals surface area contributed by atoms with Crippen molar-refractivity contribution in [3.05, 3.63) is 32.9 Å². The van der Waals surface area contributed by atoms with Crippen LogP contribution in [0.25, 0.3) is 0 Å². The van der Waals surface area contributed by atoms with E-state index < -0.39 is 35.5 Å². The Hall–Kier alpha value is -1.18. The number of aromatic nitrogens is 2. The van der Waals surface area contributed by atoms with Crippen LogP contribution >= 0.6 is 11.6 Å². The molecule has 0 bridgehead atoms. The predicted octanol–water partition coefficient (Wildman–Crippen LogP) is -0.437. The number of ether oxygens (including phenoxy) is 1. The van der Waals surface area contributed by atoms with Gasteiger partial charge in [-0.2, -0.15) is 4.39 Å². The van der Waals surface area contributed by atoms with Crippen LogP contribution in [-0.2, 0) is 4.74 Å². The van der Waals surface area contributed by atoms with E-state index in [-0.39, 0.29) is 12.3 Å². The Balaban J connectivity index is 2.34. The standard InChI is InChI=1S/C9H10ClFN2O4/c10-2-6-5(14)1-7(17-6)13-3-4(11)8(15)12-9(13)16/h3,5-7,14H,1-2H2,(H,12,15,16)/t5?,6-,7-/m0/s1. The summed E-state index contributed by atoms with van der Waals surface area (Å²) in [5.41, 5.74) is -1.87. The normalized spacial score (nSPS) is 28.5. The van der Waals surface area contributed by atoms with Crippen molar-refractivity contribution in [1.29, 1.82) is 0 Å². The van der Waals surface area contributed by atoms with Gasteiger partial charge in [-0.25, -0.2) is 4.79 Å². The maximum absolute atomic E-state index is 13.0. The number of rotatable bonds is 2. The number of aliphatic hydroxyl groups excluding tert-OH is 1. The van der Waals surface area contributed by atoms with Crippen molar-refractivity contribution in [2.75, 3.05) is 5.88 Å². The molecule has 0 radical (unpaired) electrons. The van der Waals surface area contributed by atoms with E-state index in [1.807, 2.05) is 4.98 Å². The highest BCUT2D eigenvalue weighted by Crippen LogP contribution is 2.27. The molecule has 1 aliphatic rings. The van der Waals surface area contributed by atoms with Crippen molar-refractivity contribution in [3.63, 3.8) is 0 Å². The zero-order valence-corrected chi connectivity index (χ0v) is 9.35. The molecule has 1 fully saturated rings. The fourth-order valence-corrected chi connectivity index (χ4v) is 1.98. The van der Waals surface area contributed by atoms with Crippen LogP contribution in [-0.4, -0.2) is 32.7 Å². The second kappa shape index (κ2) is 4.59. The number of H-pyrrole nitrogens is 1. The zero-order chi connectivity index (χ0) is 12.6. The molecule has 3 atom stereocenters. The van der Waals surface area contributed by atoms with Gasteiger partial charge in [0.25, 0.3) is 5.56 Å². The Morgan fingerprint density at radius 3 is 2.94 bits per heavy atom. The van der Waals surface area contributed by atoms with E-state index in [0.29, 0.717) is 0 Å². The van der Waals surface area contributed by atoms with Gasteiger partial charge >= 0.3 is 5.69 Å². The fourth-order valence-electron chi connectivity index (χ4n) is 1.70. The van der Waals surface area contributed by atoms with Gasteiger partial charge in [-0.15, -0.1) is 11.6 Å². The molecule has 1 aromatic rings. The summed E-state index contributed by atoms with van der Waals surface area (Å²) in [6.07, 6.45) is -1.38. The van der Waals surface area contributed by atoms with Crippen LogP contribution in [0.2, 0.25) is 0 Å². The minimum Gasteiger partial charge on any atom is -0.390 e. The highest BCUT2D eigenvalue weighted by molar-refractivity contribution is 6.18. The number of nitrogens with zero attached hydrogens (tertiary/aromatic N) is 1. The first-order valence-electron chi connectivity index (χ1n) is 4.93. The minimum atomic E-state index is -1.09. The van der Waals surface area contributed by atoms with Crippen molar-refractivity contribution in [1.82, 2.24) is 9.55 Å². The van der Waals surface area contributed by atoms with Crippen LogP contribution < -0.4 is 11.2 Å². The van der Waals surface area contributed by atoms with Gasteiger partial charge in [-0.05, 0) is 0 Å². The number of nitrogens with one attached hydrogen (secondary N) is 1. The van der Waals surface area contributed by atoms with Gasteiger partial charge in [0, 0.05) is 6.42 Å². The maximum Gasteiger partial charge on any atom is 0.330 e. The number of aliphatic hydroxyl groups is 1. The van der Waals surface area contributed by atoms with E-state index in [9.17, 15) is 19.1 Å². The third-order valence-corrected chi connectivity index (χ3v) is 2.89. The van der Waals surface area contributed by atoms with E-state index >= 15 is 0 Å². The lowest BCUT2D eigenvalue weighted by molar-refractivity contribution is -0.00871. The summed E-state index contributed by atoms with van der Waals surface area (Å²) in [4.78, 5) is 24.1. The molecule has 8 heteroatoms. The lowest BCUT2D eigenvalue weighted by Crippen LogP contribution is -2.33. The molecule has 2 heterocycles. The molecule has 0 spiro atoms. The van der Waals surface area contributed by atoms with E-state index in [2.05, 4.69) is 0 Å². The first kappa shape index (κ1) is 12.3. The number of halogens is 2. The number of alkyl halides is 1.